The Morgan fingerprint density at radius 3 is 2.46 bits per heavy atom. The molecule has 0 aromatic heterocycles. The summed E-state index contributed by atoms with van der Waals surface area (Å²) in [6.07, 6.45) is 4.48. The van der Waals surface area contributed by atoms with E-state index in [0.29, 0.717) is 33.8 Å². The predicted octanol–water partition coefficient (Wildman–Crippen LogP) is 6.90. The lowest BCUT2D eigenvalue weighted by molar-refractivity contribution is 0.200. The molecule has 0 spiro atoms. The predicted molar refractivity (Wildman–Crippen MR) is 161 cm³/mol. The third kappa shape index (κ3) is 7.34. The van der Waals surface area contributed by atoms with Crippen LogP contribution in [0.2, 0.25) is 10.0 Å². The number of benzene rings is 3. The smallest absolute Gasteiger partial charge is 0.322 e. The molecule has 39 heavy (non-hydrogen) atoms. The van der Waals surface area contributed by atoms with Crippen LogP contribution in [0.25, 0.3) is 0 Å². The number of carbonyl (C=O) groups excluding carboxylic acids is 1. The molecule has 9 heteroatoms. The molecule has 2 unspecified atom stereocenters. The number of anilines is 1. The lowest BCUT2D eigenvalue weighted by atomic mass is 9.89. The fraction of sp³-hybridized carbons (Fsp3) is 0.367. The number of halogens is 2. The van der Waals surface area contributed by atoms with Crippen LogP contribution < -0.4 is 15.0 Å². The molecule has 2 amide bonds. The summed E-state index contributed by atoms with van der Waals surface area (Å²) >= 11 is 12.5. The van der Waals surface area contributed by atoms with Gasteiger partial charge in [0.1, 0.15) is 5.75 Å². The minimum Gasteiger partial charge on any atom is -0.495 e. The second kappa shape index (κ2) is 13.7. The molecule has 2 atom stereocenters. The van der Waals surface area contributed by atoms with E-state index in [1.54, 1.807) is 31.4 Å². The molecule has 0 saturated carbocycles. The first-order valence-electron chi connectivity index (χ1n) is 13.1. The van der Waals surface area contributed by atoms with E-state index in [0.717, 1.165) is 42.9 Å². The number of piperidine rings is 1. The number of ether oxygens (including phenoxy) is 1. The molecule has 0 radical (unpaired) electrons. The summed E-state index contributed by atoms with van der Waals surface area (Å²) in [5, 5.41) is 4.13. The van der Waals surface area contributed by atoms with Crippen LogP contribution in [0.15, 0.2) is 71.6 Å². The van der Waals surface area contributed by atoms with Gasteiger partial charge in [0.05, 0.1) is 39.7 Å². The monoisotopic (exact) mass is 587 g/mol. The van der Waals surface area contributed by atoms with Crippen molar-refractivity contribution in [3.8, 4) is 5.75 Å². The first kappa shape index (κ1) is 29.4. The maximum absolute atomic E-state index is 13.3. The van der Waals surface area contributed by atoms with Crippen LogP contribution in [0.5, 0.6) is 5.75 Å². The number of methoxy groups -OCH3 is 1. The Balaban J connectivity index is 1.44. The molecule has 1 aliphatic rings. The molecule has 1 saturated heterocycles. The Bertz CT molecular complexity index is 1310. The molecular weight excluding hydrogens is 553 g/mol. The maximum atomic E-state index is 13.3. The zero-order chi connectivity index (χ0) is 27.9. The average Bonchev–Trinajstić information content (AvgIpc) is 2.96. The third-order valence-electron chi connectivity index (χ3n) is 7.39. The fourth-order valence-corrected chi connectivity index (χ4v) is 6.32. The fourth-order valence-electron chi connectivity index (χ4n) is 5.17. The van der Waals surface area contributed by atoms with Gasteiger partial charge in [-0.1, -0.05) is 59.6 Å². The van der Waals surface area contributed by atoms with Crippen LogP contribution in [0.4, 0.5) is 10.5 Å². The number of carbonyl (C=O) groups is 1. The van der Waals surface area contributed by atoms with Crippen molar-refractivity contribution in [1.82, 2.24) is 10.2 Å². The maximum Gasteiger partial charge on any atom is 0.322 e. The van der Waals surface area contributed by atoms with Crippen molar-refractivity contribution in [2.75, 3.05) is 44.9 Å². The van der Waals surface area contributed by atoms with Crippen LogP contribution in [0, 0.1) is 0 Å². The van der Waals surface area contributed by atoms with Gasteiger partial charge in [0.15, 0.2) is 0 Å². The van der Waals surface area contributed by atoms with Crippen molar-refractivity contribution in [3.63, 3.8) is 0 Å². The summed E-state index contributed by atoms with van der Waals surface area (Å²) < 4.78 is 17.7. The van der Waals surface area contributed by atoms with E-state index in [-0.39, 0.29) is 12.1 Å². The van der Waals surface area contributed by atoms with Gasteiger partial charge in [-0.15, -0.1) is 0 Å². The van der Waals surface area contributed by atoms with Gasteiger partial charge in [-0.05, 0) is 79.7 Å². The van der Waals surface area contributed by atoms with Gasteiger partial charge in [-0.25, -0.2) is 4.79 Å². The summed E-state index contributed by atoms with van der Waals surface area (Å²) in [5.74, 6) is 1.03. The highest BCUT2D eigenvalue weighted by Crippen LogP contribution is 2.33. The first-order valence-corrected chi connectivity index (χ1v) is 15.4. The summed E-state index contributed by atoms with van der Waals surface area (Å²) in [5.41, 5.74) is 2.79. The van der Waals surface area contributed by atoms with Crippen molar-refractivity contribution in [3.05, 3.63) is 87.9 Å². The number of para-hydroxylation sites is 2. The Labute approximate surface area is 243 Å². The van der Waals surface area contributed by atoms with E-state index in [1.165, 1.54) is 5.56 Å². The third-order valence-corrected chi connectivity index (χ3v) is 9.12. The van der Waals surface area contributed by atoms with Crippen molar-refractivity contribution in [2.24, 2.45) is 0 Å². The summed E-state index contributed by atoms with van der Waals surface area (Å²) in [7, 11) is 2.32. The minimum absolute atomic E-state index is 0.238. The number of amides is 2. The van der Waals surface area contributed by atoms with Crippen molar-refractivity contribution in [1.29, 1.82) is 0 Å². The summed E-state index contributed by atoms with van der Waals surface area (Å²) in [6, 6.07) is 20.5. The van der Waals surface area contributed by atoms with Crippen LogP contribution in [0.3, 0.4) is 0 Å². The van der Waals surface area contributed by atoms with Gasteiger partial charge in [0, 0.05) is 24.7 Å². The van der Waals surface area contributed by atoms with Gasteiger partial charge in [0.2, 0.25) is 0 Å². The second-order valence-electron chi connectivity index (χ2n) is 9.80. The number of urea groups is 1. The molecule has 1 fully saturated rings. The molecule has 1 aliphatic heterocycles. The highest BCUT2D eigenvalue weighted by atomic mass is 35.5. The molecule has 1 heterocycles. The SMILES string of the molecule is COc1ccccc1N(C)C(=O)NC(CCN1CCC(c2ccccc2S(C)=O)CC1)c1ccc(Cl)c(Cl)c1. The molecule has 3 aromatic rings. The number of rotatable bonds is 9. The van der Waals surface area contributed by atoms with Gasteiger partial charge < -0.3 is 15.0 Å². The van der Waals surface area contributed by atoms with E-state index in [1.807, 2.05) is 54.6 Å². The quantitative estimate of drug-likeness (QED) is 0.296. The molecular formula is C30H35Cl2N3O3S. The minimum atomic E-state index is -0.997. The summed E-state index contributed by atoms with van der Waals surface area (Å²) in [6.45, 7) is 2.70. The zero-order valence-electron chi connectivity index (χ0n) is 22.5. The highest BCUT2D eigenvalue weighted by Gasteiger charge is 2.25. The molecule has 4 rings (SSSR count). The number of nitrogens with zero attached hydrogens (tertiary/aromatic N) is 2. The van der Waals surface area contributed by atoms with E-state index in [4.69, 9.17) is 27.9 Å². The molecule has 6 nitrogen and oxygen atoms in total. The topological polar surface area (TPSA) is 61.9 Å². The van der Waals surface area contributed by atoms with Gasteiger partial charge in [-0.3, -0.25) is 9.11 Å². The Hall–Kier alpha value is -2.58. The average molecular weight is 589 g/mol. The molecule has 1 N–H and O–H groups in total. The van der Waals surface area contributed by atoms with Crippen LogP contribution in [-0.4, -0.2) is 55.2 Å². The number of nitrogens with one attached hydrogen (secondary N) is 1. The number of hydrogen-bond acceptors (Lipinski definition) is 4. The summed E-state index contributed by atoms with van der Waals surface area (Å²) in [4.78, 5) is 18.3. The molecule has 0 aliphatic carbocycles. The molecule has 208 valence electrons. The lowest BCUT2D eigenvalue weighted by Crippen LogP contribution is -2.41. The van der Waals surface area contributed by atoms with Crippen LogP contribution >= 0.6 is 23.2 Å². The highest BCUT2D eigenvalue weighted by molar-refractivity contribution is 7.84. The van der Waals surface area contributed by atoms with Crippen molar-refractivity contribution >= 4 is 45.7 Å². The number of likely N-dealkylation sites (tertiary alicyclic amines) is 1. The second-order valence-corrected chi connectivity index (χ2v) is 12.0. The molecule has 3 aromatic carbocycles. The van der Waals surface area contributed by atoms with Crippen LogP contribution in [0.1, 0.15) is 42.3 Å². The standard InChI is InChI=1S/C30H35Cl2N3O3S/c1-34(27-9-5-6-10-28(27)38-2)30(36)33-26(22-12-13-24(31)25(32)20-22)16-19-35-17-14-21(15-18-35)23-8-4-7-11-29(23)39(3)37/h4-13,20-21,26H,14-19H2,1-3H3,(H,33,36). The Morgan fingerprint density at radius 2 is 1.77 bits per heavy atom. The van der Waals surface area contributed by atoms with E-state index in [9.17, 15) is 9.00 Å². The zero-order valence-corrected chi connectivity index (χ0v) is 24.9. The van der Waals surface area contributed by atoms with Crippen molar-refractivity contribution < 1.29 is 13.7 Å². The van der Waals surface area contributed by atoms with Gasteiger partial charge in [0.25, 0.3) is 0 Å². The van der Waals surface area contributed by atoms with Gasteiger partial charge in [-0.2, -0.15) is 0 Å². The molecule has 0 bridgehead atoms. The number of hydrogen-bond donors (Lipinski definition) is 1. The lowest BCUT2D eigenvalue weighted by Gasteiger charge is -2.34. The normalized spacial score (nSPS) is 15.9. The van der Waals surface area contributed by atoms with Gasteiger partial charge >= 0.3 is 6.03 Å². The first-order chi connectivity index (χ1) is 18.8. The Kier molecular flexibility index (Phi) is 10.3. The van der Waals surface area contributed by atoms with Crippen molar-refractivity contribution in [2.45, 2.75) is 36.1 Å². The largest absolute Gasteiger partial charge is 0.495 e. The van der Waals surface area contributed by atoms with E-state index >= 15 is 0 Å². The van der Waals surface area contributed by atoms with E-state index in [2.05, 4.69) is 16.3 Å². The van der Waals surface area contributed by atoms with E-state index < -0.39 is 10.8 Å². The Morgan fingerprint density at radius 1 is 1.08 bits per heavy atom. The van der Waals surface area contributed by atoms with Crippen LogP contribution in [-0.2, 0) is 10.8 Å².